The van der Waals surface area contributed by atoms with Crippen molar-refractivity contribution in [1.82, 2.24) is 0 Å². The summed E-state index contributed by atoms with van der Waals surface area (Å²) in [5.41, 5.74) is 1.99. The number of hydrogen-bond acceptors (Lipinski definition) is 5. The molecule has 0 radical (unpaired) electrons. The highest BCUT2D eigenvalue weighted by molar-refractivity contribution is 5.81. The number of aliphatic carboxylic acids is 1. The Labute approximate surface area is 115 Å². The van der Waals surface area contributed by atoms with Gasteiger partial charge < -0.3 is 15.2 Å². The number of nitrogens with one attached hydrogen (secondary N) is 1. The van der Waals surface area contributed by atoms with Crippen molar-refractivity contribution in [3.63, 3.8) is 0 Å². The van der Waals surface area contributed by atoms with Crippen molar-refractivity contribution < 1.29 is 14.8 Å². The molecule has 0 spiro atoms. The molecular weight excluding hydrogens is 260 g/mol. The Balaban J connectivity index is 2.22. The van der Waals surface area contributed by atoms with Crippen LogP contribution in [0, 0.1) is 23.0 Å². The second kappa shape index (κ2) is 4.33. The maximum absolute atomic E-state index is 11.3. The quantitative estimate of drug-likeness (QED) is 0.494. The standard InChI is InChI=1S/C14H14N2O4/c1-7-5-6-10(16(19)20)11-8-3-2-4-9(8)13(14(17)18)15-12(7)11/h2-3,5-6,8-9,13,15H,4H2,1H3,(H,17,18)/p-1/t8-,9+,13-/m0/s1. The van der Waals surface area contributed by atoms with Gasteiger partial charge in [-0.3, -0.25) is 10.1 Å². The molecule has 0 bridgehead atoms. The molecule has 3 rings (SSSR count). The molecule has 1 aromatic rings. The van der Waals surface area contributed by atoms with Crippen LogP contribution >= 0.6 is 0 Å². The minimum atomic E-state index is -1.17. The van der Waals surface area contributed by atoms with E-state index in [1.165, 1.54) is 6.07 Å². The summed E-state index contributed by atoms with van der Waals surface area (Å²) >= 11 is 0. The molecule has 0 saturated carbocycles. The van der Waals surface area contributed by atoms with Gasteiger partial charge in [-0.1, -0.05) is 18.2 Å². The Morgan fingerprint density at radius 2 is 2.20 bits per heavy atom. The van der Waals surface area contributed by atoms with Gasteiger partial charge in [0.25, 0.3) is 5.69 Å². The fraction of sp³-hybridized carbons (Fsp3) is 0.357. The number of hydrogen-bond donors (Lipinski definition) is 1. The molecular formula is C14H13N2O4-. The molecule has 0 fully saturated rings. The first-order valence-electron chi connectivity index (χ1n) is 6.42. The van der Waals surface area contributed by atoms with Crippen LogP contribution in [-0.2, 0) is 4.79 Å². The lowest BCUT2D eigenvalue weighted by Crippen LogP contribution is -2.49. The Hall–Kier alpha value is -2.37. The molecule has 0 unspecified atom stereocenters. The molecule has 1 aliphatic heterocycles. The zero-order chi connectivity index (χ0) is 14.4. The van der Waals surface area contributed by atoms with E-state index in [0.717, 1.165) is 5.56 Å². The molecule has 1 heterocycles. The summed E-state index contributed by atoms with van der Waals surface area (Å²) in [6.07, 6.45) is 4.34. The smallest absolute Gasteiger partial charge is 0.275 e. The van der Waals surface area contributed by atoms with Crippen molar-refractivity contribution in [3.8, 4) is 0 Å². The highest BCUT2D eigenvalue weighted by atomic mass is 16.6. The van der Waals surface area contributed by atoms with Gasteiger partial charge in [0.2, 0.25) is 0 Å². The third-order valence-electron chi connectivity index (χ3n) is 4.16. The fourth-order valence-electron chi connectivity index (χ4n) is 3.23. The number of nitrogens with zero attached hydrogens (tertiary/aromatic N) is 1. The highest BCUT2D eigenvalue weighted by Gasteiger charge is 2.41. The summed E-state index contributed by atoms with van der Waals surface area (Å²) in [6.45, 7) is 1.81. The fourth-order valence-corrected chi connectivity index (χ4v) is 3.23. The first-order valence-corrected chi connectivity index (χ1v) is 6.42. The third kappa shape index (κ3) is 1.68. The number of carboxylic acid groups (broad SMARTS) is 1. The second-order valence-electron chi connectivity index (χ2n) is 5.24. The number of fused-ring (bicyclic) bond motifs is 3. The summed E-state index contributed by atoms with van der Waals surface area (Å²) in [7, 11) is 0. The summed E-state index contributed by atoms with van der Waals surface area (Å²) in [5.74, 6) is -1.64. The van der Waals surface area contributed by atoms with E-state index in [4.69, 9.17) is 0 Å². The van der Waals surface area contributed by atoms with Gasteiger partial charge in [-0.2, -0.15) is 0 Å². The number of anilines is 1. The van der Waals surface area contributed by atoms with Gasteiger partial charge in [0.1, 0.15) is 0 Å². The molecule has 20 heavy (non-hydrogen) atoms. The van der Waals surface area contributed by atoms with E-state index >= 15 is 0 Å². The predicted molar refractivity (Wildman–Crippen MR) is 70.2 cm³/mol. The van der Waals surface area contributed by atoms with Crippen LogP contribution in [0.15, 0.2) is 24.3 Å². The molecule has 0 amide bonds. The zero-order valence-electron chi connectivity index (χ0n) is 10.8. The Morgan fingerprint density at radius 3 is 2.85 bits per heavy atom. The van der Waals surface area contributed by atoms with Crippen molar-refractivity contribution in [2.45, 2.75) is 25.3 Å². The second-order valence-corrected chi connectivity index (χ2v) is 5.24. The molecule has 1 N–H and O–H groups in total. The average Bonchev–Trinajstić information content (AvgIpc) is 2.86. The SMILES string of the molecule is Cc1ccc([N+](=O)[O-])c2c1N[C@H](C(=O)[O-])[C@@H]1CC=C[C@H]21. The van der Waals surface area contributed by atoms with Crippen LogP contribution in [0.2, 0.25) is 0 Å². The molecule has 6 heteroatoms. The maximum Gasteiger partial charge on any atom is 0.275 e. The Bertz CT molecular complexity index is 638. The van der Waals surface area contributed by atoms with E-state index in [9.17, 15) is 20.0 Å². The molecule has 6 nitrogen and oxygen atoms in total. The van der Waals surface area contributed by atoms with Crippen LogP contribution < -0.4 is 10.4 Å². The van der Waals surface area contributed by atoms with Gasteiger partial charge in [0.05, 0.1) is 22.5 Å². The number of nitro groups is 1. The van der Waals surface area contributed by atoms with Crippen LogP contribution in [0.3, 0.4) is 0 Å². The van der Waals surface area contributed by atoms with E-state index < -0.39 is 16.9 Å². The van der Waals surface area contributed by atoms with Crippen molar-refractivity contribution in [2.75, 3.05) is 5.32 Å². The van der Waals surface area contributed by atoms with Crippen molar-refractivity contribution in [2.24, 2.45) is 5.92 Å². The lowest BCUT2D eigenvalue weighted by molar-refractivity contribution is -0.385. The Kier molecular flexibility index (Phi) is 2.74. The lowest BCUT2D eigenvalue weighted by atomic mass is 9.78. The van der Waals surface area contributed by atoms with Crippen molar-refractivity contribution >= 4 is 17.3 Å². The molecule has 0 aromatic heterocycles. The van der Waals surface area contributed by atoms with Crippen LogP contribution in [0.5, 0.6) is 0 Å². The maximum atomic E-state index is 11.3. The zero-order valence-corrected chi connectivity index (χ0v) is 10.8. The highest BCUT2D eigenvalue weighted by Crippen LogP contribution is 2.49. The largest absolute Gasteiger partial charge is 0.548 e. The monoisotopic (exact) mass is 273 g/mol. The topological polar surface area (TPSA) is 95.3 Å². The van der Waals surface area contributed by atoms with Crippen LogP contribution in [0.4, 0.5) is 11.4 Å². The van der Waals surface area contributed by atoms with Gasteiger partial charge >= 0.3 is 0 Å². The molecule has 1 aromatic carbocycles. The summed E-state index contributed by atoms with van der Waals surface area (Å²) < 4.78 is 0. The van der Waals surface area contributed by atoms with Crippen molar-refractivity contribution in [1.29, 1.82) is 0 Å². The normalized spacial score (nSPS) is 26.6. The lowest BCUT2D eigenvalue weighted by Gasteiger charge is -2.37. The first-order chi connectivity index (χ1) is 9.50. The third-order valence-corrected chi connectivity index (χ3v) is 4.16. The number of allylic oxidation sites excluding steroid dienone is 2. The Morgan fingerprint density at radius 1 is 1.45 bits per heavy atom. The number of rotatable bonds is 2. The van der Waals surface area contributed by atoms with E-state index in [2.05, 4.69) is 5.32 Å². The van der Waals surface area contributed by atoms with Gasteiger partial charge in [0.15, 0.2) is 0 Å². The predicted octanol–water partition coefficient (Wildman–Crippen LogP) is 1.11. The number of carboxylic acids is 1. The number of aryl methyl sites for hydroxylation is 1. The van der Waals surface area contributed by atoms with Gasteiger partial charge in [-0.25, -0.2) is 0 Å². The van der Waals surface area contributed by atoms with Gasteiger partial charge in [0, 0.05) is 17.7 Å². The van der Waals surface area contributed by atoms with Gasteiger partial charge in [-0.15, -0.1) is 0 Å². The number of nitro benzene ring substituents is 1. The summed E-state index contributed by atoms with van der Waals surface area (Å²) in [6, 6.07) is 2.30. The van der Waals surface area contributed by atoms with E-state index in [1.54, 1.807) is 13.0 Å². The number of carbonyl (C=O) groups excluding carboxylic acids is 1. The van der Waals surface area contributed by atoms with Crippen LogP contribution in [0.25, 0.3) is 0 Å². The molecule has 1 aliphatic carbocycles. The molecule has 2 aliphatic rings. The average molecular weight is 273 g/mol. The van der Waals surface area contributed by atoms with E-state index in [-0.39, 0.29) is 17.5 Å². The first kappa shape index (κ1) is 12.7. The van der Waals surface area contributed by atoms with Crippen molar-refractivity contribution in [3.05, 3.63) is 45.5 Å². The van der Waals surface area contributed by atoms with Crippen LogP contribution in [-0.4, -0.2) is 16.9 Å². The minimum Gasteiger partial charge on any atom is -0.548 e. The number of carbonyl (C=O) groups is 1. The molecule has 104 valence electrons. The molecule has 3 atom stereocenters. The van der Waals surface area contributed by atoms with Crippen LogP contribution in [0.1, 0.15) is 23.5 Å². The van der Waals surface area contributed by atoms with E-state index in [1.807, 2.05) is 12.2 Å². The summed E-state index contributed by atoms with van der Waals surface area (Å²) in [4.78, 5) is 22.1. The van der Waals surface area contributed by atoms with E-state index in [0.29, 0.717) is 17.7 Å². The summed E-state index contributed by atoms with van der Waals surface area (Å²) in [5, 5.41) is 25.4. The molecule has 0 saturated heterocycles. The van der Waals surface area contributed by atoms with Gasteiger partial charge in [-0.05, 0) is 24.8 Å². The minimum absolute atomic E-state index is 0.0384. The number of benzene rings is 1.